The summed E-state index contributed by atoms with van der Waals surface area (Å²) in [6.07, 6.45) is 6.70. The molecule has 0 unspecified atom stereocenters. The van der Waals surface area contributed by atoms with E-state index in [4.69, 9.17) is 9.47 Å². The molecule has 1 aliphatic carbocycles. The Bertz CT molecular complexity index is 337. The smallest absolute Gasteiger partial charge is 0.333 e. The van der Waals surface area contributed by atoms with Gasteiger partial charge in [0.25, 0.3) is 0 Å². The Morgan fingerprint density at radius 3 is 2.53 bits per heavy atom. The van der Waals surface area contributed by atoms with Gasteiger partial charge in [-0.2, -0.15) is 0 Å². The van der Waals surface area contributed by atoms with Crippen molar-refractivity contribution in [1.82, 2.24) is 0 Å². The van der Waals surface area contributed by atoms with Gasteiger partial charge in [-0.3, -0.25) is 0 Å². The predicted octanol–water partition coefficient (Wildman–Crippen LogP) is 2.53. The van der Waals surface area contributed by atoms with Crippen LogP contribution in [0.1, 0.15) is 46.0 Å². The zero-order chi connectivity index (χ0) is 12.5. The van der Waals surface area contributed by atoms with Gasteiger partial charge in [-0.25, -0.2) is 4.79 Å². The van der Waals surface area contributed by atoms with E-state index in [9.17, 15) is 4.79 Å². The van der Waals surface area contributed by atoms with Crippen LogP contribution in [0.15, 0.2) is 11.8 Å². The highest BCUT2D eigenvalue weighted by atomic mass is 16.8. The lowest BCUT2D eigenvalue weighted by Crippen LogP contribution is -2.35. The maximum absolute atomic E-state index is 11.4. The molecule has 0 atom stereocenters. The summed E-state index contributed by atoms with van der Waals surface area (Å²) in [6, 6.07) is 0. The van der Waals surface area contributed by atoms with Crippen LogP contribution < -0.4 is 0 Å². The van der Waals surface area contributed by atoms with Crippen molar-refractivity contribution in [2.45, 2.75) is 57.3 Å². The molecule has 2 aliphatic rings. The van der Waals surface area contributed by atoms with Gasteiger partial charge >= 0.3 is 5.97 Å². The second-order valence-electron chi connectivity index (χ2n) is 5.19. The molecular formula is C13H20O4. The monoisotopic (exact) mass is 240 g/mol. The number of hydrogen-bond acceptors (Lipinski definition) is 4. The molecule has 0 radical (unpaired) electrons. The molecule has 0 N–H and O–H groups in total. The van der Waals surface area contributed by atoms with E-state index in [1.807, 2.05) is 13.8 Å². The van der Waals surface area contributed by atoms with Crippen molar-refractivity contribution in [3.63, 3.8) is 0 Å². The van der Waals surface area contributed by atoms with Crippen molar-refractivity contribution >= 4 is 5.97 Å². The third kappa shape index (κ3) is 2.46. The third-order valence-electron chi connectivity index (χ3n) is 3.36. The van der Waals surface area contributed by atoms with Crippen molar-refractivity contribution < 1.29 is 19.0 Å². The largest absolute Gasteiger partial charge is 0.466 e. The fourth-order valence-corrected chi connectivity index (χ4v) is 2.70. The lowest BCUT2D eigenvalue weighted by atomic mass is 9.83. The van der Waals surface area contributed by atoms with Crippen molar-refractivity contribution in [2.24, 2.45) is 0 Å². The summed E-state index contributed by atoms with van der Waals surface area (Å²) in [6.45, 7) is 3.75. The third-order valence-corrected chi connectivity index (χ3v) is 3.36. The van der Waals surface area contributed by atoms with E-state index in [1.165, 1.54) is 19.6 Å². The molecule has 17 heavy (non-hydrogen) atoms. The molecule has 1 saturated carbocycles. The second kappa shape index (κ2) is 4.33. The van der Waals surface area contributed by atoms with Gasteiger partial charge in [0.05, 0.1) is 13.2 Å². The Morgan fingerprint density at radius 1 is 1.29 bits per heavy atom. The molecule has 0 bridgehead atoms. The summed E-state index contributed by atoms with van der Waals surface area (Å²) in [5.41, 5.74) is -0.407. The lowest BCUT2D eigenvalue weighted by molar-refractivity contribution is -0.166. The van der Waals surface area contributed by atoms with Crippen LogP contribution in [0.2, 0.25) is 0 Å². The van der Waals surface area contributed by atoms with E-state index in [0.29, 0.717) is 5.76 Å². The number of hydrogen-bond donors (Lipinski definition) is 0. The van der Waals surface area contributed by atoms with Crippen LogP contribution in [0.5, 0.6) is 0 Å². The van der Waals surface area contributed by atoms with Crippen molar-refractivity contribution in [1.29, 1.82) is 0 Å². The fraction of sp³-hybridized carbons (Fsp3) is 0.769. The zero-order valence-corrected chi connectivity index (χ0v) is 10.7. The van der Waals surface area contributed by atoms with Gasteiger partial charge < -0.3 is 14.2 Å². The molecule has 1 saturated heterocycles. The highest BCUT2D eigenvalue weighted by Gasteiger charge is 2.50. The van der Waals surface area contributed by atoms with Gasteiger partial charge in [0.2, 0.25) is 5.79 Å². The van der Waals surface area contributed by atoms with Gasteiger partial charge in [0, 0.05) is 13.8 Å². The highest BCUT2D eigenvalue weighted by Crippen LogP contribution is 2.47. The summed E-state index contributed by atoms with van der Waals surface area (Å²) in [4.78, 5) is 11.4. The van der Waals surface area contributed by atoms with E-state index < -0.39 is 11.4 Å². The summed E-state index contributed by atoms with van der Waals surface area (Å²) in [7, 11) is 1.37. The maximum atomic E-state index is 11.4. The number of esters is 1. The molecule has 96 valence electrons. The second-order valence-corrected chi connectivity index (χ2v) is 5.19. The van der Waals surface area contributed by atoms with E-state index in [1.54, 1.807) is 0 Å². The molecule has 4 heteroatoms. The minimum Gasteiger partial charge on any atom is -0.466 e. The molecule has 1 spiro atoms. The van der Waals surface area contributed by atoms with Crippen LogP contribution in [0.4, 0.5) is 0 Å². The minimum absolute atomic E-state index is 0.383. The Balaban J connectivity index is 2.27. The standard InChI is InChI=1S/C13H20O4/c1-12(2)16-10(9-11(14)15-3)13(17-12)7-5-4-6-8-13/h9H,4-8H2,1-3H3/b10-9+. The SMILES string of the molecule is COC(=O)/C=C1/OC(C)(C)OC12CCCCC2. The van der Waals surface area contributed by atoms with Crippen LogP contribution in [0, 0.1) is 0 Å². The first kappa shape index (κ1) is 12.4. The average Bonchev–Trinajstić information content (AvgIpc) is 2.50. The van der Waals surface area contributed by atoms with Gasteiger partial charge in [-0.1, -0.05) is 19.3 Å². The minimum atomic E-state index is -0.656. The van der Waals surface area contributed by atoms with E-state index in [-0.39, 0.29) is 5.97 Å². The van der Waals surface area contributed by atoms with Crippen molar-refractivity contribution in [2.75, 3.05) is 7.11 Å². The first-order chi connectivity index (χ1) is 7.97. The maximum Gasteiger partial charge on any atom is 0.333 e. The lowest BCUT2D eigenvalue weighted by Gasteiger charge is -2.32. The fourth-order valence-electron chi connectivity index (χ4n) is 2.70. The Labute approximate surface area is 102 Å². The molecule has 0 amide bonds. The molecule has 0 aromatic heterocycles. The van der Waals surface area contributed by atoms with Crippen LogP contribution in [-0.2, 0) is 19.0 Å². The normalized spacial score (nSPS) is 28.1. The molecule has 0 aromatic carbocycles. The number of methoxy groups -OCH3 is 1. The molecular weight excluding hydrogens is 220 g/mol. The Hall–Kier alpha value is -1.03. The number of rotatable bonds is 1. The quantitative estimate of drug-likeness (QED) is 0.522. The van der Waals surface area contributed by atoms with Gasteiger partial charge in [0.1, 0.15) is 11.4 Å². The number of ether oxygens (including phenoxy) is 3. The molecule has 4 nitrogen and oxygen atoms in total. The first-order valence-corrected chi connectivity index (χ1v) is 6.17. The van der Waals surface area contributed by atoms with E-state index in [0.717, 1.165) is 25.7 Å². The molecule has 2 fully saturated rings. The van der Waals surface area contributed by atoms with Crippen LogP contribution in [-0.4, -0.2) is 24.5 Å². The predicted molar refractivity (Wildman–Crippen MR) is 62.2 cm³/mol. The summed E-state index contributed by atoms with van der Waals surface area (Å²) < 4.78 is 16.5. The summed E-state index contributed by atoms with van der Waals surface area (Å²) in [5, 5.41) is 0. The van der Waals surface area contributed by atoms with Gasteiger partial charge in [-0.15, -0.1) is 0 Å². The Morgan fingerprint density at radius 2 is 1.94 bits per heavy atom. The zero-order valence-electron chi connectivity index (χ0n) is 10.7. The van der Waals surface area contributed by atoms with Crippen LogP contribution >= 0.6 is 0 Å². The Kier molecular flexibility index (Phi) is 3.17. The van der Waals surface area contributed by atoms with Gasteiger partial charge in [0.15, 0.2) is 0 Å². The first-order valence-electron chi connectivity index (χ1n) is 6.17. The number of carbonyl (C=O) groups excluding carboxylic acids is 1. The average molecular weight is 240 g/mol. The van der Waals surface area contributed by atoms with E-state index in [2.05, 4.69) is 4.74 Å². The molecule has 0 aromatic rings. The summed E-state index contributed by atoms with van der Waals surface area (Å²) >= 11 is 0. The molecule has 1 heterocycles. The van der Waals surface area contributed by atoms with Gasteiger partial charge in [-0.05, 0) is 12.8 Å². The topological polar surface area (TPSA) is 44.8 Å². The van der Waals surface area contributed by atoms with Crippen LogP contribution in [0.3, 0.4) is 0 Å². The summed E-state index contributed by atoms with van der Waals surface area (Å²) in [5.74, 6) is -0.405. The van der Waals surface area contributed by atoms with Crippen LogP contribution in [0.25, 0.3) is 0 Å². The number of carbonyl (C=O) groups is 1. The van der Waals surface area contributed by atoms with Crippen molar-refractivity contribution in [3.05, 3.63) is 11.8 Å². The van der Waals surface area contributed by atoms with E-state index >= 15 is 0 Å². The molecule has 2 rings (SSSR count). The highest BCUT2D eigenvalue weighted by molar-refractivity contribution is 5.82. The molecule has 1 aliphatic heterocycles. The van der Waals surface area contributed by atoms with Crippen molar-refractivity contribution in [3.8, 4) is 0 Å².